The van der Waals surface area contributed by atoms with E-state index in [4.69, 9.17) is 4.42 Å². The lowest BCUT2D eigenvalue weighted by atomic mass is 10.00. The van der Waals surface area contributed by atoms with Crippen molar-refractivity contribution in [1.29, 1.82) is 0 Å². The molecular weight excluding hydrogens is 311 g/mol. The number of ketones is 1. The first-order chi connectivity index (χ1) is 8.90. The Morgan fingerprint density at radius 1 is 1.26 bits per heavy atom. The number of Topliss-reactive ketones (excluding diaryl/α,β-unsaturated/α-hetero) is 1. The van der Waals surface area contributed by atoms with Crippen molar-refractivity contribution in [3.8, 4) is 0 Å². The molecule has 0 unspecified atom stereocenters. The Balaban J connectivity index is 2.28. The molecule has 0 radical (unpaired) electrons. The third kappa shape index (κ3) is 2.78. The van der Waals surface area contributed by atoms with E-state index in [2.05, 4.69) is 15.9 Å². The molecule has 19 heavy (non-hydrogen) atoms. The Hall–Kier alpha value is -1.42. The third-order valence-corrected chi connectivity index (χ3v) is 3.80. The Kier molecular flexibility index (Phi) is 3.90. The van der Waals surface area contributed by atoms with Crippen LogP contribution < -0.4 is 0 Å². The molecule has 0 atom stereocenters. The van der Waals surface area contributed by atoms with Crippen LogP contribution in [-0.4, -0.2) is 5.78 Å². The molecule has 0 saturated heterocycles. The van der Waals surface area contributed by atoms with Gasteiger partial charge in [-0.3, -0.25) is 4.79 Å². The zero-order chi connectivity index (χ0) is 14.2. The highest BCUT2D eigenvalue weighted by Gasteiger charge is 2.18. The molecular formula is C15H14BrFO2. The van der Waals surface area contributed by atoms with Crippen LogP contribution in [-0.2, 0) is 6.42 Å². The molecule has 2 nitrogen and oxygen atoms in total. The minimum Gasteiger partial charge on any atom is -0.466 e. The average molecular weight is 325 g/mol. The Labute approximate surface area is 119 Å². The van der Waals surface area contributed by atoms with Crippen molar-refractivity contribution in [2.75, 3.05) is 0 Å². The molecule has 0 fully saturated rings. The van der Waals surface area contributed by atoms with Gasteiger partial charge in [0, 0.05) is 12.0 Å². The number of hydrogen-bond donors (Lipinski definition) is 0. The lowest BCUT2D eigenvalue weighted by Crippen LogP contribution is -2.06. The van der Waals surface area contributed by atoms with E-state index in [1.54, 1.807) is 19.1 Å². The van der Waals surface area contributed by atoms with E-state index in [0.717, 1.165) is 16.9 Å². The van der Waals surface area contributed by atoms with Gasteiger partial charge in [-0.2, -0.15) is 0 Å². The summed E-state index contributed by atoms with van der Waals surface area (Å²) in [5.41, 5.74) is 2.29. The molecule has 0 aliphatic carbocycles. The normalized spacial score (nSPS) is 10.8. The first-order valence-corrected chi connectivity index (χ1v) is 6.73. The highest BCUT2D eigenvalue weighted by Crippen LogP contribution is 2.23. The average Bonchev–Trinajstić information content (AvgIpc) is 2.58. The monoisotopic (exact) mass is 324 g/mol. The van der Waals surface area contributed by atoms with Gasteiger partial charge in [0.05, 0.1) is 10.0 Å². The van der Waals surface area contributed by atoms with Crippen LogP contribution in [0.25, 0.3) is 0 Å². The smallest absolute Gasteiger partial charge is 0.171 e. The second-order valence-electron chi connectivity index (χ2n) is 4.56. The van der Waals surface area contributed by atoms with Crippen molar-refractivity contribution in [1.82, 2.24) is 0 Å². The van der Waals surface area contributed by atoms with Crippen molar-refractivity contribution in [2.24, 2.45) is 0 Å². The zero-order valence-corrected chi connectivity index (χ0v) is 12.6. The number of benzene rings is 1. The maximum Gasteiger partial charge on any atom is 0.171 e. The van der Waals surface area contributed by atoms with E-state index in [-0.39, 0.29) is 18.0 Å². The van der Waals surface area contributed by atoms with Crippen LogP contribution in [0.3, 0.4) is 0 Å². The number of hydrogen-bond acceptors (Lipinski definition) is 2. The number of halogens is 2. The predicted octanol–water partition coefficient (Wildman–Crippen LogP) is 4.53. The maximum absolute atomic E-state index is 13.1. The van der Waals surface area contributed by atoms with Gasteiger partial charge < -0.3 is 4.42 Å². The highest BCUT2D eigenvalue weighted by molar-refractivity contribution is 9.10. The Bertz CT molecular complexity index is 644. The lowest BCUT2D eigenvalue weighted by Gasteiger charge is -2.03. The maximum atomic E-state index is 13.1. The van der Waals surface area contributed by atoms with Gasteiger partial charge in [-0.05, 0) is 54.4 Å². The highest BCUT2D eigenvalue weighted by atomic mass is 79.9. The minimum absolute atomic E-state index is 0.00893. The van der Waals surface area contributed by atoms with Crippen LogP contribution in [0.4, 0.5) is 4.39 Å². The first kappa shape index (κ1) is 14.0. The predicted molar refractivity (Wildman–Crippen MR) is 75.1 cm³/mol. The fraction of sp³-hybridized carbons (Fsp3) is 0.267. The fourth-order valence-corrected chi connectivity index (χ4v) is 2.55. The summed E-state index contributed by atoms with van der Waals surface area (Å²) in [6.45, 7) is 5.50. The number of carbonyl (C=O) groups is 1. The first-order valence-electron chi connectivity index (χ1n) is 5.94. The van der Waals surface area contributed by atoms with E-state index in [0.29, 0.717) is 15.8 Å². The summed E-state index contributed by atoms with van der Waals surface area (Å²) in [6, 6.07) is 4.60. The van der Waals surface area contributed by atoms with E-state index in [9.17, 15) is 9.18 Å². The summed E-state index contributed by atoms with van der Waals surface area (Å²) >= 11 is 3.12. The molecule has 1 aromatic heterocycles. The van der Waals surface area contributed by atoms with Crippen LogP contribution >= 0.6 is 15.9 Å². The summed E-state index contributed by atoms with van der Waals surface area (Å²) in [5.74, 6) is 1.07. The molecule has 0 aliphatic rings. The second kappa shape index (κ2) is 5.29. The van der Waals surface area contributed by atoms with E-state index in [1.165, 1.54) is 6.07 Å². The minimum atomic E-state index is -0.331. The topological polar surface area (TPSA) is 30.2 Å². The molecule has 0 saturated carbocycles. The van der Waals surface area contributed by atoms with Gasteiger partial charge in [-0.15, -0.1) is 0 Å². The molecule has 0 bridgehead atoms. The van der Waals surface area contributed by atoms with E-state index < -0.39 is 0 Å². The van der Waals surface area contributed by atoms with Gasteiger partial charge in [0.25, 0.3) is 0 Å². The number of rotatable bonds is 3. The summed E-state index contributed by atoms with van der Waals surface area (Å²) in [6.07, 6.45) is 0.236. The van der Waals surface area contributed by atoms with Gasteiger partial charge in [0.15, 0.2) is 5.78 Å². The SMILES string of the molecule is Cc1oc(C)c(C(=O)Cc2ccc(F)c(Br)c2)c1C. The number of furan rings is 1. The Morgan fingerprint density at radius 3 is 2.47 bits per heavy atom. The quantitative estimate of drug-likeness (QED) is 0.776. The largest absolute Gasteiger partial charge is 0.466 e. The molecule has 0 aliphatic heterocycles. The van der Waals surface area contributed by atoms with Crippen molar-refractivity contribution >= 4 is 21.7 Å². The molecule has 1 heterocycles. The molecule has 1 aromatic carbocycles. The van der Waals surface area contributed by atoms with Crippen LogP contribution in [0.1, 0.15) is 33.0 Å². The summed E-state index contributed by atoms with van der Waals surface area (Å²) in [5, 5.41) is 0. The molecule has 4 heteroatoms. The third-order valence-electron chi connectivity index (χ3n) is 3.19. The van der Waals surface area contributed by atoms with Gasteiger partial charge in [0.1, 0.15) is 17.3 Å². The summed E-state index contributed by atoms with van der Waals surface area (Å²) < 4.78 is 19.0. The molecule has 0 amide bonds. The van der Waals surface area contributed by atoms with Crippen molar-refractivity contribution in [2.45, 2.75) is 27.2 Å². The van der Waals surface area contributed by atoms with Crippen molar-refractivity contribution < 1.29 is 13.6 Å². The molecule has 0 spiro atoms. The van der Waals surface area contributed by atoms with Crippen LogP contribution in [0, 0.1) is 26.6 Å². The molecule has 100 valence electrons. The molecule has 2 aromatic rings. The number of carbonyl (C=O) groups excluding carboxylic acids is 1. The molecule has 0 N–H and O–H groups in total. The van der Waals surface area contributed by atoms with Gasteiger partial charge >= 0.3 is 0 Å². The van der Waals surface area contributed by atoms with E-state index in [1.807, 2.05) is 13.8 Å². The Morgan fingerprint density at radius 2 is 1.95 bits per heavy atom. The lowest BCUT2D eigenvalue weighted by molar-refractivity contribution is 0.0991. The van der Waals surface area contributed by atoms with Gasteiger partial charge in [0.2, 0.25) is 0 Å². The van der Waals surface area contributed by atoms with Gasteiger partial charge in [-0.25, -0.2) is 4.39 Å². The van der Waals surface area contributed by atoms with Crippen LogP contribution in [0.5, 0.6) is 0 Å². The van der Waals surface area contributed by atoms with Crippen molar-refractivity contribution in [3.05, 3.63) is 56.7 Å². The fourth-order valence-electron chi connectivity index (χ4n) is 2.13. The molecule has 2 rings (SSSR count). The number of aryl methyl sites for hydroxylation is 2. The standard InChI is InChI=1S/C15H14BrFO2/c1-8-9(2)19-10(3)15(8)14(18)7-11-4-5-13(17)12(16)6-11/h4-6H,7H2,1-3H3. The zero-order valence-electron chi connectivity index (χ0n) is 11.0. The summed E-state index contributed by atoms with van der Waals surface area (Å²) in [4.78, 5) is 12.3. The second-order valence-corrected chi connectivity index (χ2v) is 5.42. The van der Waals surface area contributed by atoms with Crippen molar-refractivity contribution in [3.63, 3.8) is 0 Å². The van der Waals surface area contributed by atoms with E-state index >= 15 is 0 Å². The van der Waals surface area contributed by atoms with Gasteiger partial charge in [-0.1, -0.05) is 6.07 Å². The van der Waals surface area contributed by atoms with Crippen LogP contribution in [0.15, 0.2) is 27.1 Å². The van der Waals surface area contributed by atoms with Crippen LogP contribution in [0.2, 0.25) is 0 Å². The summed E-state index contributed by atoms with van der Waals surface area (Å²) in [7, 11) is 0.